The molecule has 3 N–H and O–H groups in total. The fourth-order valence-corrected chi connectivity index (χ4v) is 4.13. The first-order valence-electron chi connectivity index (χ1n) is 10.3. The monoisotopic (exact) mass is 404 g/mol. The van der Waals surface area contributed by atoms with Gasteiger partial charge in [0, 0.05) is 44.1 Å². The molecule has 1 amide bonds. The maximum atomic E-state index is 12.9. The van der Waals surface area contributed by atoms with Gasteiger partial charge in [-0.05, 0) is 38.3 Å². The van der Waals surface area contributed by atoms with Crippen LogP contribution in [0.15, 0.2) is 42.9 Å². The number of hydrogen-bond donors (Lipinski definition) is 2. The van der Waals surface area contributed by atoms with E-state index in [-0.39, 0.29) is 11.9 Å². The molecule has 1 aliphatic heterocycles. The summed E-state index contributed by atoms with van der Waals surface area (Å²) in [4.78, 5) is 19.7. The third kappa shape index (κ3) is 4.07. The van der Waals surface area contributed by atoms with E-state index in [0.29, 0.717) is 11.4 Å². The molecule has 0 radical (unpaired) electrons. The van der Waals surface area contributed by atoms with Crippen LogP contribution in [-0.2, 0) is 7.05 Å². The van der Waals surface area contributed by atoms with Crippen LogP contribution in [0, 0.1) is 13.8 Å². The Bertz CT molecular complexity index is 1050. The number of nitrogens with one attached hydrogen (secondary N) is 1. The van der Waals surface area contributed by atoms with E-state index in [0.717, 1.165) is 42.7 Å². The van der Waals surface area contributed by atoms with E-state index in [1.165, 1.54) is 11.1 Å². The standard InChI is InChI=1S/C23H28N6O/c1-15-10-16(2)12-17(11-15)19-13-25-14-20(22(19)29-8-5-18(24)6-9-29)27-23(30)21-4-7-26-28(21)3/h4,7,10-14,18H,5-6,8-9,24H2,1-3H3,(H,27,30). The minimum absolute atomic E-state index is 0.204. The highest BCUT2D eigenvalue weighted by molar-refractivity contribution is 6.06. The normalized spacial score (nSPS) is 14.7. The van der Waals surface area contributed by atoms with Crippen molar-refractivity contribution in [1.82, 2.24) is 14.8 Å². The largest absolute Gasteiger partial charge is 0.369 e. The van der Waals surface area contributed by atoms with Crippen molar-refractivity contribution in [2.75, 3.05) is 23.3 Å². The van der Waals surface area contributed by atoms with Crippen LogP contribution in [0.4, 0.5) is 11.4 Å². The minimum atomic E-state index is -0.204. The Morgan fingerprint density at radius 3 is 2.47 bits per heavy atom. The van der Waals surface area contributed by atoms with Crippen molar-refractivity contribution in [3.63, 3.8) is 0 Å². The van der Waals surface area contributed by atoms with Crippen LogP contribution in [0.2, 0.25) is 0 Å². The second-order valence-electron chi connectivity index (χ2n) is 8.08. The van der Waals surface area contributed by atoms with Crippen molar-refractivity contribution in [2.45, 2.75) is 32.7 Å². The molecule has 3 aromatic rings. The first-order valence-corrected chi connectivity index (χ1v) is 10.3. The number of anilines is 2. The van der Waals surface area contributed by atoms with E-state index in [4.69, 9.17) is 5.73 Å². The molecule has 0 atom stereocenters. The van der Waals surface area contributed by atoms with Gasteiger partial charge < -0.3 is 16.0 Å². The third-order valence-corrected chi connectivity index (χ3v) is 5.61. The first-order chi connectivity index (χ1) is 14.4. The fraction of sp³-hybridized carbons (Fsp3) is 0.348. The van der Waals surface area contributed by atoms with Gasteiger partial charge in [0.2, 0.25) is 0 Å². The summed E-state index contributed by atoms with van der Waals surface area (Å²) in [7, 11) is 1.76. The Morgan fingerprint density at radius 2 is 1.83 bits per heavy atom. The van der Waals surface area contributed by atoms with Gasteiger partial charge in [0.15, 0.2) is 0 Å². The van der Waals surface area contributed by atoms with Gasteiger partial charge in [0.05, 0.1) is 17.6 Å². The van der Waals surface area contributed by atoms with E-state index >= 15 is 0 Å². The van der Waals surface area contributed by atoms with Crippen molar-refractivity contribution in [2.24, 2.45) is 12.8 Å². The Morgan fingerprint density at radius 1 is 1.13 bits per heavy atom. The second-order valence-corrected chi connectivity index (χ2v) is 8.08. The Balaban J connectivity index is 1.79. The Labute approximate surface area is 176 Å². The van der Waals surface area contributed by atoms with Gasteiger partial charge in [-0.25, -0.2) is 0 Å². The van der Waals surface area contributed by atoms with Gasteiger partial charge in [-0.15, -0.1) is 0 Å². The van der Waals surface area contributed by atoms with Crippen LogP contribution in [0.3, 0.4) is 0 Å². The van der Waals surface area contributed by atoms with Gasteiger partial charge in [-0.2, -0.15) is 5.10 Å². The molecule has 1 aliphatic rings. The highest BCUT2D eigenvalue weighted by Gasteiger charge is 2.24. The molecule has 3 heterocycles. The summed E-state index contributed by atoms with van der Waals surface area (Å²) in [5.74, 6) is -0.204. The average molecular weight is 405 g/mol. The molecule has 4 rings (SSSR count). The van der Waals surface area contributed by atoms with Crippen LogP contribution in [0.25, 0.3) is 11.1 Å². The summed E-state index contributed by atoms with van der Waals surface area (Å²) >= 11 is 0. The number of carbonyl (C=O) groups excluding carboxylic acids is 1. The van der Waals surface area contributed by atoms with Crippen molar-refractivity contribution in [3.8, 4) is 11.1 Å². The van der Waals surface area contributed by atoms with Crippen LogP contribution in [0.5, 0.6) is 0 Å². The predicted molar refractivity (Wildman–Crippen MR) is 120 cm³/mol. The molecule has 156 valence electrons. The van der Waals surface area contributed by atoms with Gasteiger partial charge in [-0.1, -0.05) is 29.3 Å². The lowest BCUT2D eigenvalue weighted by Gasteiger charge is -2.34. The summed E-state index contributed by atoms with van der Waals surface area (Å²) in [6, 6.07) is 8.41. The number of piperidine rings is 1. The smallest absolute Gasteiger partial charge is 0.274 e. The summed E-state index contributed by atoms with van der Waals surface area (Å²) < 4.78 is 1.57. The van der Waals surface area contributed by atoms with Crippen molar-refractivity contribution < 1.29 is 4.79 Å². The maximum Gasteiger partial charge on any atom is 0.274 e. The lowest BCUT2D eigenvalue weighted by Crippen LogP contribution is -2.40. The van der Waals surface area contributed by atoms with Gasteiger partial charge in [-0.3, -0.25) is 14.5 Å². The number of pyridine rings is 1. The minimum Gasteiger partial charge on any atom is -0.369 e. The Hall–Kier alpha value is -3.19. The zero-order valence-electron chi connectivity index (χ0n) is 17.7. The average Bonchev–Trinajstić information content (AvgIpc) is 3.14. The second kappa shape index (κ2) is 8.28. The summed E-state index contributed by atoms with van der Waals surface area (Å²) in [6.45, 7) is 5.88. The van der Waals surface area contributed by atoms with E-state index in [9.17, 15) is 4.79 Å². The zero-order chi connectivity index (χ0) is 21.3. The molecule has 7 heteroatoms. The molecule has 1 fully saturated rings. The van der Waals surface area contributed by atoms with E-state index in [1.54, 1.807) is 30.2 Å². The highest BCUT2D eigenvalue weighted by atomic mass is 16.2. The molecule has 0 aliphatic carbocycles. The van der Waals surface area contributed by atoms with E-state index < -0.39 is 0 Å². The number of nitrogens with zero attached hydrogens (tertiary/aromatic N) is 4. The molecular weight excluding hydrogens is 376 g/mol. The molecule has 1 aromatic carbocycles. The van der Waals surface area contributed by atoms with Crippen molar-refractivity contribution >= 4 is 17.3 Å². The quantitative estimate of drug-likeness (QED) is 0.697. The van der Waals surface area contributed by atoms with Crippen LogP contribution in [0.1, 0.15) is 34.5 Å². The van der Waals surface area contributed by atoms with E-state index in [1.807, 2.05) is 6.20 Å². The molecule has 7 nitrogen and oxygen atoms in total. The topological polar surface area (TPSA) is 89.1 Å². The molecule has 1 saturated heterocycles. The predicted octanol–water partition coefficient (Wildman–Crippen LogP) is 3.28. The number of rotatable bonds is 4. The maximum absolute atomic E-state index is 12.9. The fourth-order valence-electron chi connectivity index (χ4n) is 4.13. The summed E-state index contributed by atoms with van der Waals surface area (Å²) in [6.07, 6.45) is 7.07. The molecule has 2 aromatic heterocycles. The molecular formula is C23H28N6O. The summed E-state index contributed by atoms with van der Waals surface area (Å²) in [5.41, 5.74) is 12.8. The van der Waals surface area contributed by atoms with Gasteiger partial charge >= 0.3 is 0 Å². The molecule has 0 bridgehead atoms. The lowest BCUT2D eigenvalue weighted by atomic mass is 9.98. The van der Waals surface area contributed by atoms with Crippen molar-refractivity contribution in [1.29, 1.82) is 0 Å². The van der Waals surface area contributed by atoms with Gasteiger partial charge in [0.25, 0.3) is 5.91 Å². The van der Waals surface area contributed by atoms with Crippen molar-refractivity contribution in [3.05, 3.63) is 59.7 Å². The SMILES string of the molecule is Cc1cc(C)cc(-c2cncc(NC(=O)c3ccnn3C)c2N2CCC(N)CC2)c1. The first kappa shape index (κ1) is 20.1. The highest BCUT2D eigenvalue weighted by Crippen LogP contribution is 2.38. The van der Waals surface area contributed by atoms with E-state index in [2.05, 4.69) is 52.3 Å². The lowest BCUT2D eigenvalue weighted by molar-refractivity contribution is 0.101. The van der Waals surface area contributed by atoms with Crippen LogP contribution >= 0.6 is 0 Å². The Kier molecular flexibility index (Phi) is 5.55. The number of nitrogens with two attached hydrogens (primary N) is 1. The van der Waals surface area contributed by atoms with Crippen LogP contribution < -0.4 is 16.0 Å². The van der Waals surface area contributed by atoms with Crippen LogP contribution in [-0.4, -0.2) is 39.8 Å². The number of aryl methyl sites for hydroxylation is 3. The molecule has 30 heavy (non-hydrogen) atoms. The number of hydrogen-bond acceptors (Lipinski definition) is 5. The summed E-state index contributed by atoms with van der Waals surface area (Å²) in [5, 5.41) is 7.17. The number of aromatic nitrogens is 3. The van der Waals surface area contributed by atoms with Gasteiger partial charge in [0.1, 0.15) is 5.69 Å². The number of amides is 1. The molecule has 0 spiro atoms. The molecule has 0 saturated carbocycles. The molecule has 0 unspecified atom stereocenters. The number of benzene rings is 1. The number of carbonyl (C=O) groups is 1. The zero-order valence-corrected chi connectivity index (χ0v) is 17.7. The third-order valence-electron chi connectivity index (χ3n) is 5.61.